The lowest BCUT2D eigenvalue weighted by Gasteiger charge is -2.38. The Labute approximate surface area is 178 Å². The molecule has 0 aromatic heterocycles. The molecule has 0 unspecified atom stereocenters. The Morgan fingerprint density at radius 3 is 2.55 bits per heavy atom. The molecule has 154 valence electrons. The summed E-state index contributed by atoms with van der Waals surface area (Å²) in [6, 6.07) is 15.0. The van der Waals surface area contributed by atoms with Crippen molar-refractivity contribution in [1.82, 2.24) is 4.90 Å². The van der Waals surface area contributed by atoms with E-state index in [9.17, 15) is 4.79 Å². The zero-order chi connectivity index (χ0) is 19.6. The fourth-order valence-corrected chi connectivity index (χ4v) is 4.33. The van der Waals surface area contributed by atoms with Crippen LogP contribution < -0.4 is 4.74 Å². The van der Waals surface area contributed by atoms with Crippen LogP contribution in [0.1, 0.15) is 41.5 Å². The normalized spacial score (nSPS) is 17.7. The molecule has 2 heterocycles. The lowest BCUT2D eigenvalue weighted by molar-refractivity contribution is -0.137. The highest BCUT2D eigenvalue weighted by Crippen LogP contribution is 2.45. The molecule has 1 spiro atoms. The fourth-order valence-electron chi connectivity index (χ4n) is 4.33. The number of aliphatic carboxylic acids is 1. The Morgan fingerprint density at radius 2 is 1.86 bits per heavy atom. The van der Waals surface area contributed by atoms with Crippen LogP contribution in [0.3, 0.4) is 0 Å². The van der Waals surface area contributed by atoms with Gasteiger partial charge in [-0.1, -0.05) is 54.1 Å². The van der Waals surface area contributed by atoms with Crippen molar-refractivity contribution in [2.45, 2.75) is 31.6 Å². The van der Waals surface area contributed by atoms with Crippen LogP contribution in [0.2, 0.25) is 0 Å². The molecular formula is C24H28ClNO3. The van der Waals surface area contributed by atoms with E-state index < -0.39 is 5.97 Å². The lowest BCUT2D eigenvalue weighted by Crippen LogP contribution is -2.44. The number of carboxylic acids is 1. The molecule has 1 saturated heterocycles. The Bertz CT molecular complexity index is 901. The van der Waals surface area contributed by atoms with Gasteiger partial charge in [0.15, 0.2) is 0 Å². The average molecular weight is 414 g/mol. The number of hydrogen-bond acceptors (Lipinski definition) is 3. The number of rotatable bonds is 5. The molecule has 2 aromatic carbocycles. The van der Waals surface area contributed by atoms with Crippen molar-refractivity contribution in [1.29, 1.82) is 0 Å². The molecule has 1 fully saturated rings. The van der Waals surface area contributed by atoms with E-state index in [1.165, 1.54) is 16.7 Å². The zero-order valence-electron chi connectivity index (χ0n) is 16.8. The average Bonchev–Trinajstić information content (AvgIpc) is 3.04. The first-order valence-electron chi connectivity index (χ1n) is 10.0. The highest BCUT2D eigenvalue weighted by Gasteiger charge is 2.42. The van der Waals surface area contributed by atoms with Gasteiger partial charge in [0.2, 0.25) is 0 Å². The summed E-state index contributed by atoms with van der Waals surface area (Å²) in [7, 11) is 0. The standard InChI is InChI=1S/C24H27NO3.ClH/c1-18-3-2-4-19(15-18)5-6-20-7-8-21-22(16-20)28-17-24(21)10-13-25(14-11-24)12-9-23(26)27;/h2-8,15-16H,9-14,17H2,1H3,(H,26,27);1H. The van der Waals surface area contributed by atoms with Crippen molar-refractivity contribution < 1.29 is 14.6 Å². The number of piperidine rings is 1. The molecule has 1 N–H and O–H groups in total. The van der Waals surface area contributed by atoms with E-state index >= 15 is 0 Å². The molecule has 0 amide bonds. The number of carboxylic acid groups (broad SMARTS) is 1. The number of fused-ring (bicyclic) bond motifs is 2. The van der Waals surface area contributed by atoms with Crippen LogP contribution in [-0.2, 0) is 10.2 Å². The summed E-state index contributed by atoms with van der Waals surface area (Å²) in [4.78, 5) is 13.1. The second-order valence-corrected chi connectivity index (χ2v) is 8.06. The summed E-state index contributed by atoms with van der Waals surface area (Å²) in [6.07, 6.45) is 6.55. The molecule has 0 aliphatic carbocycles. The maximum Gasteiger partial charge on any atom is 0.304 e. The van der Waals surface area contributed by atoms with Crippen LogP contribution in [0.5, 0.6) is 5.75 Å². The summed E-state index contributed by atoms with van der Waals surface area (Å²) < 4.78 is 6.09. The van der Waals surface area contributed by atoms with Gasteiger partial charge < -0.3 is 14.7 Å². The number of carbonyl (C=O) groups is 1. The number of benzene rings is 2. The van der Waals surface area contributed by atoms with E-state index in [0.717, 1.165) is 43.9 Å². The summed E-state index contributed by atoms with van der Waals surface area (Å²) in [5.74, 6) is 0.284. The molecule has 4 nitrogen and oxygen atoms in total. The highest BCUT2D eigenvalue weighted by atomic mass is 35.5. The topological polar surface area (TPSA) is 49.8 Å². The minimum atomic E-state index is -0.721. The monoisotopic (exact) mass is 413 g/mol. The van der Waals surface area contributed by atoms with Gasteiger partial charge in [0, 0.05) is 17.5 Å². The second kappa shape index (κ2) is 9.02. The minimum Gasteiger partial charge on any atom is -0.492 e. The van der Waals surface area contributed by atoms with Gasteiger partial charge >= 0.3 is 5.97 Å². The maximum atomic E-state index is 10.8. The van der Waals surface area contributed by atoms with Crippen LogP contribution in [0.15, 0.2) is 42.5 Å². The van der Waals surface area contributed by atoms with Crippen molar-refractivity contribution in [2.24, 2.45) is 0 Å². The molecule has 2 aliphatic rings. The predicted molar refractivity (Wildman–Crippen MR) is 119 cm³/mol. The minimum absolute atomic E-state index is 0. The van der Waals surface area contributed by atoms with Crippen LogP contribution in [0.25, 0.3) is 12.2 Å². The smallest absolute Gasteiger partial charge is 0.304 e. The van der Waals surface area contributed by atoms with Crippen molar-refractivity contribution in [3.8, 4) is 5.75 Å². The quantitative estimate of drug-likeness (QED) is 0.716. The molecule has 29 heavy (non-hydrogen) atoms. The molecule has 0 bridgehead atoms. The molecule has 0 radical (unpaired) electrons. The van der Waals surface area contributed by atoms with E-state index in [4.69, 9.17) is 9.84 Å². The summed E-state index contributed by atoms with van der Waals surface area (Å²) in [5.41, 5.74) is 5.02. The third-order valence-electron chi connectivity index (χ3n) is 6.05. The van der Waals surface area contributed by atoms with Gasteiger partial charge in [-0.15, -0.1) is 12.4 Å². The number of halogens is 1. The zero-order valence-corrected chi connectivity index (χ0v) is 17.6. The van der Waals surface area contributed by atoms with Gasteiger partial charge in [-0.25, -0.2) is 0 Å². The van der Waals surface area contributed by atoms with E-state index in [1.54, 1.807) is 0 Å². The third kappa shape index (κ3) is 4.82. The second-order valence-electron chi connectivity index (χ2n) is 8.06. The molecule has 0 saturated carbocycles. The first-order chi connectivity index (χ1) is 13.5. The Balaban J connectivity index is 0.00000240. The largest absolute Gasteiger partial charge is 0.492 e. The third-order valence-corrected chi connectivity index (χ3v) is 6.05. The Kier molecular flexibility index (Phi) is 6.66. The van der Waals surface area contributed by atoms with Crippen molar-refractivity contribution in [3.63, 3.8) is 0 Å². The number of nitrogens with zero attached hydrogens (tertiary/aromatic N) is 1. The van der Waals surface area contributed by atoms with Gasteiger partial charge in [-0.05, 0) is 50.0 Å². The predicted octanol–water partition coefficient (Wildman–Crippen LogP) is 4.79. The Hall–Kier alpha value is -2.30. The van der Waals surface area contributed by atoms with E-state index in [-0.39, 0.29) is 24.2 Å². The summed E-state index contributed by atoms with van der Waals surface area (Å²) >= 11 is 0. The number of likely N-dealkylation sites (tertiary alicyclic amines) is 1. The first kappa shape index (κ1) is 21.4. The SMILES string of the molecule is Cc1cccc(C=Cc2ccc3c(c2)OCC32CCN(CCC(=O)O)CC2)c1.Cl. The molecule has 4 rings (SSSR count). The summed E-state index contributed by atoms with van der Waals surface area (Å²) in [6.45, 7) is 5.35. The van der Waals surface area contributed by atoms with Crippen LogP contribution in [0.4, 0.5) is 0 Å². The Morgan fingerprint density at radius 1 is 1.14 bits per heavy atom. The van der Waals surface area contributed by atoms with E-state index in [2.05, 4.69) is 66.4 Å². The lowest BCUT2D eigenvalue weighted by atomic mass is 9.74. The van der Waals surface area contributed by atoms with Gasteiger partial charge in [0.05, 0.1) is 13.0 Å². The van der Waals surface area contributed by atoms with Crippen molar-refractivity contribution in [3.05, 3.63) is 64.7 Å². The van der Waals surface area contributed by atoms with Crippen molar-refractivity contribution >= 4 is 30.5 Å². The number of hydrogen-bond donors (Lipinski definition) is 1. The number of aryl methyl sites for hydroxylation is 1. The molecule has 0 atom stereocenters. The number of ether oxygens (including phenoxy) is 1. The van der Waals surface area contributed by atoms with E-state index in [0.29, 0.717) is 6.54 Å². The van der Waals surface area contributed by atoms with Gasteiger partial charge in [0.1, 0.15) is 5.75 Å². The van der Waals surface area contributed by atoms with Gasteiger partial charge in [0.25, 0.3) is 0 Å². The van der Waals surface area contributed by atoms with Crippen LogP contribution >= 0.6 is 12.4 Å². The van der Waals surface area contributed by atoms with Gasteiger partial charge in [-0.3, -0.25) is 4.79 Å². The fraction of sp³-hybridized carbons (Fsp3) is 0.375. The molecule has 2 aromatic rings. The maximum absolute atomic E-state index is 10.8. The van der Waals surface area contributed by atoms with Crippen molar-refractivity contribution in [2.75, 3.05) is 26.2 Å². The highest BCUT2D eigenvalue weighted by molar-refractivity contribution is 5.85. The molecule has 2 aliphatic heterocycles. The van der Waals surface area contributed by atoms with Crippen LogP contribution in [-0.4, -0.2) is 42.2 Å². The van der Waals surface area contributed by atoms with Crippen LogP contribution in [0, 0.1) is 6.92 Å². The molecule has 5 heteroatoms. The van der Waals surface area contributed by atoms with E-state index in [1.807, 2.05) is 0 Å². The van der Waals surface area contributed by atoms with Gasteiger partial charge in [-0.2, -0.15) is 0 Å². The molecular weight excluding hydrogens is 386 g/mol. The first-order valence-corrected chi connectivity index (χ1v) is 10.0. The summed E-state index contributed by atoms with van der Waals surface area (Å²) in [5, 5.41) is 8.88.